The SMILES string of the molecule is CCCCCOc1ccc(Br)cc1COC(=O)c1ccnc2[nH]ccc12. The Bertz CT molecular complexity index is 892. The van der Waals surface area contributed by atoms with Crippen LogP contribution in [0.2, 0.25) is 0 Å². The molecule has 0 aliphatic carbocycles. The Morgan fingerprint density at radius 2 is 2.12 bits per heavy atom. The summed E-state index contributed by atoms with van der Waals surface area (Å²) >= 11 is 3.46. The van der Waals surface area contributed by atoms with Crippen molar-refractivity contribution >= 4 is 32.9 Å². The molecule has 0 bridgehead atoms. The summed E-state index contributed by atoms with van der Waals surface area (Å²) in [5, 5.41) is 0.753. The molecule has 0 unspecified atom stereocenters. The summed E-state index contributed by atoms with van der Waals surface area (Å²) in [4.78, 5) is 19.7. The van der Waals surface area contributed by atoms with E-state index in [9.17, 15) is 4.79 Å². The molecule has 3 aromatic rings. The average Bonchev–Trinajstić information content (AvgIpc) is 3.13. The number of aromatic nitrogens is 2. The van der Waals surface area contributed by atoms with Gasteiger partial charge in [0.15, 0.2) is 0 Å². The van der Waals surface area contributed by atoms with Crippen LogP contribution in [0.3, 0.4) is 0 Å². The molecule has 0 spiro atoms. The first kappa shape index (κ1) is 18.5. The van der Waals surface area contributed by atoms with Crippen molar-refractivity contribution in [2.45, 2.75) is 32.8 Å². The number of carbonyl (C=O) groups is 1. The van der Waals surface area contributed by atoms with Crippen LogP contribution in [0.1, 0.15) is 42.1 Å². The van der Waals surface area contributed by atoms with E-state index in [0.29, 0.717) is 17.8 Å². The number of carbonyl (C=O) groups excluding carboxylic acids is 1. The molecule has 0 atom stereocenters. The molecule has 0 amide bonds. The van der Waals surface area contributed by atoms with E-state index in [-0.39, 0.29) is 12.6 Å². The number of halogens is 1. The molecule has 0 radical (unpaired) electrons. The highest BCUT2D eigenvalue weighted by atomic mass is 79.9. The summed E-state index contributed by atoms with van der Waals surface area (Å²) in [5.41, 5.74) is 2.00. The van der Waals surface area contributed by atoms with E-state index >= 15 is 0 Å². The number of pyridine rings is 1. The number of esters is 1. The summed E-state index contributed by atoms with van der Waals surface area (Å²) in [6, 6.07) is 9.23. The van der Waals surface area contributed by atoms with Gasteiger partial charge >= 0.3 is 5.97 Å². The number of aromatic amines is 1. The highest BCUT2D eigenvalue weighted by molar-refractivity contribution is 9.10. The molecule has 0 aliphatic rings. The van der Waals surface area contributed by atoms with E-state index in [1.807, 2.05) is 24.3 Å². The number of hydrogen-bond donors (Lipinski definition) is 1. The van der Waals surface area contributed by atoms with Crippen molar-refractivity contribution in [1.82, 2.24) is 9.97 Å². The third-order valence-electron chi connectivity index (χ3n) is 4.07. The summed E-state index contributed by atoms with van der Waals surface area (Å²) in [6.45, 7) is 2.96. The van der Waals surface area contributed by atoms with E-state index in [0.717, 1.165) is 40.4 Å². The number of rotatable bonds is 8. The summed E-state index contributed by atoms with van der Waals surface area (Å²) in [6.07, 6.45) is 6.64. The maximum absolute atomic E-state index is 12.5. The number of H-pyrrole nitrogens is 1. The van der Waals surface area contributed by atoms with E-state index < -0.39 is 0 Å². The summed E-state index contributed by atoms with van der Waals surface area (Å²) in [7, 11) is 0. The normalized spacial score (nSPS) is 10.8. The van der Waals surface area contributed by atoms with E-state index in [1.54, 1.807) is 18.5 Å². The first-order valence-electron chi connectivity index (χ1n) is 8.69. The third-order valence-corrected chi connectivity index (χ3v) is 4.56. The Hall–Kier alpha value is -2.34. The van der Waals surface area contributed by atoms with Gasteiger partial charge in [-0.3, -0.25) is 0 Å². The Morgan fingerprint density at radius 1 is 1.23 bits per heavy atom. The number of hydrogen-bond acceptors (Lipinski definition) is 4. The lowest BCUT2D eigenvalue weighted by Gasteiger charge is -2.13. The van der Waals surface area contributed by atoms with Gasteiger partial charge in [-0.25, -0.2) is 9.78 Å². The van der Waals surface area contributed by atoms with Gasteiger partial charge in [-0.1, -0.05) is 35.7 Å². The minimum atomic E-state index is -0.381. The largest absolute Gasteiger partial charge is 0.493 e. The fourth-order valence-corrected chi connectivity index (χ4v) is 3.10. The zero-order valence-electron chi connectivity index (χ0n) is 14.6. The van der Waals surface area contributed by atoms with Crippen molar-refractivity contribution < 1.29 is 14.3 Å². The second-order valence-corrected chi connectivity index (χ2v) is 6.90. The predicted molar refractivity (Wildman–Crippen MR) is 104 cm³/mol. The van der Waals surface area contributed by atoms with Gasteiger partial charge in [0, 0.05) is 27.8 Å². The van der Waals surface area contributed by atoms with Gasteiger partial charge in [0.1, 0.15) is 18.0 Å². The molecule has 3 rings (SSSR count). The first-order valence-corrected chi connectivity index (χ1v) is 9.48. The molecule has 2 aromatic heterocycles. The lowest BCUT2D eigenvalue weighted by Crippen LogP contribution is -2.08. The Morgan fingerprint density at radius 3 is 2.96 bits per heavy atom. The second kappa shape index (κ2) is 8.85. The number of unbranched alkanes of at least 4 members (excludes halogenated alkanes) is 2. The standard InChI is InChI=1S/C20H21BrN2O3/c1-2-3-4-11-25-18-6-5-15(21)12-14(18)13-26-20(24)17-8-10-23-19-16(17)7-9-22-19/h5-10,12H,2-4,11,13H2,1H3,(H,22,23). The number of nitrogens with zero attached hydrogens (tertiary/aromatic N) is 1. The van der Waals surface area contributed by atoms with Gasteiger partial charge in [-0.05, 0) is 36.8 Å². The second-order valence-electron chi connectivity index (χ2n) is 5.98. The monoisotopic (exact) mass is 416 g/mol. The van der Waals surface area contributed by atoms with Gasteiger partial charge in [0.25, 0.3) is 0 Å². The molecule has 5 nitrogen and oxygen atoms in total. The van der Waals surface area contributed by atoms with Crippen LogP contribution in [0.25, 0.3) is 11.0 Å². The van der Waals surface area contributed by atoms with Crippen LogP contribution in [-0.4, -0.2) is 22.5 Å². The Balaban J connectivity index is 1.69. The topological polar surface area (TPSA) is 64.2 Å². The number of ether oxygens (including phenoxy) is 2. The fraction of sp³-hybridized carbons (Fsp3) is 0.300. The van der Waals surface area contributed by atoms with Gasteiger partial charge in [-0.15, -0.1) is 0 Å². The Kier molecular flexibility index (Phi) is 6.28. The van der Waals surface area contributed by atoms with Crippen LogP contribution in [-0.2, 0) is 11.3 Å². The molecule has 26 heavy (non-hydrogen) atoms. The number of benzene rings is 1. The minimum absolute atomic E-state index is 0.148. The van der Waals surface area contributed by atoms with Gasteiger partial charge in [-0.2, -0.15) is 0 Å². The third kappa shape index (κ3) is 4.43. The Labute approximate surface area is 160 Å². The zero-order valence-corrected chi connectivity index (χ0v) is 16.2. The molecular formula is C20H21BrN2O3. The maximum atomic E-state index is 12.5. The lowest BCUT2D eigenvalue weighted by molar-refractivity contribution is 0.0471. The van der Waals surface area contributed by atoms with Crippen LogP contribution >= 0.6 is 15.9 Å². The molecular weight excluding hydrogens is 396 g/mol. The van der Waals surface area contributed by atoms with Crippen LogP contribution in [0, 0.1) is 0 Å². The van der Waals surface area contributed by atoms with Gasteiger partial charge in [0.2, 0.25) is 0 Å². The van der Waals surface area contributed by atoms with Gasteiger partial charge in [0.05, 0.1) is 12.2 Å². The lowest BCUT2D eigenvalue weighted by atomic mass is 10.2. The van der Waals surface area contributed by atoms with Crippen molar-refractivity contribution in [3.8, 4) is 5.75 Å². The highest BCUT2D eigenvalue weighted by Crippen LogP contribution is 2.25. The fourth-order valence-electron chi connectivity index (χ4n) is 2.70. The molecule has 1 aromatic carbocycles. The molecule has 0 fully saturated rings. The van der Waals surface area contributed by atoms with Crippen LogP contribution in [0.15, 0.2) is 47.2 Å². The molecule has 0 aliphatic heterocycles. The highest BCUT2D eigenvalue weighted by Gasteiger charge is 2.14. The number of nitrogens with one attached hydrogen (secondary N) is 1. The van der Waals surface area contributed by atoms with Gasteiger partial charge < -0.3 is 14.5 Å². The minimum Gasteiger partial charge on any atom is -0.493 e. The molecule has 1 N–H and O–H groups in total. The average molecular weight is 417 g/mol. The van der Waals surface area contributed by atoms with E-state index in [4.69, 9.17) is 9.47 Å². The van der Waals surface area contributed by atoms with Crippen molar-refractivity contribution in [2.24, 2.45) is 0 Å². The molecule has 136 valence electrons. The molecule has 2 heterocycles. The van der Waals surface area contributed by atoms with Crippen molar-refractivity contribution in [1.29, 1.82) is 0 Å². The molecule has 0 saturated carbocycles. The quantitative estimate of drug-likeness (QED) is 0.402. The molecule has 6 heteroatoms. The predicted octanol–water partition coefficient (Wildman–Crippen LogP) is 5.25. The van der Waals surface area contributed by atoms with Crippen LogP contribution in [0.5, 0.6) is 5.75 Å². The first-order chi connectivity index (χ1) is 12.7. The molecule has 0 saturated heterocycles. The van der Waals surface area contributed by atoms with Crippen molar-refractivity contribution in [3.63, 3.8) is 0 Å². The smallest absolute Gasteiger partial charge is 0.339 e. The van der Waals surface area contributed by atoms with Crippen LogP contribution < -0.4 is 4.74 Å². The van der Waals surface area contributed by atoms with Crippen LogP contribution in [0.4, 0.5) is 0 Å². The zero-order chi connectivity index (χ0) is 18.4. The van der Waals surface area contributed by atoms with E-state index in [2.05, 4.69) is 32.8 Å². The summed E-state index contributed by atoms with van der Waals surface area (Å²) in [5.74, 6) is 0.368. The van der Waals surface area contributed by atoms with E-state index in [1.165, 1.54) is 0 Å². The number of fused-ring (bicyclic) bond motifs is 1. The maximum Gasteiger partial charge on any atom is 0.339 e. The van der Waals surface area contributed by atoms with Crippen molar-refractivity contribution in [3.05, 3.63) is 58.3 Å². The van der Waals surface area contributed by atoms with Crippen molar-refractivity contribution in [2.75, 3.05) is 6.61 Å². The summed E-state index contributed by atoms with van der Waals surface area (Å²) < 4.78 is 12.3.